The zero-order valence-electron chi connectivity index (χ0n) is 28.3. The highest BCUT2D eigenvalue weighted by Crippen LogP contribution is 2.38. The first-order chi connectivity index (χ1) is 25.8. The van der Waals surface area contributed by atoms with Crippen molar-refractivity contribution in [2.45, 2.75) is 0 Å². The van der Waals surface area contributed by atoms with Gasteiger partial charge in [-0.25, -0.2) is 19.9 Å². The molecule has 0 bridgehead atoms. The van der Waals surface area contributed by atoms with Gasteiger partial charge in [0.2, 0.25) is 0 Å². The van der Waals surface area contributed by atoms with E-state index >= 15 is 0 Å². The Morgan fingerprint density at radius 3 is 1.17 bits per heavy atom. The van der Waals surface area contributed by atoms with E-state index in [0.29, 0.717) is 17.5 Å². The Kier molecular flexibility index (Phi) is 8.16. The lowest BCUT2D eigenvalue weighted by atomic mass is 9.92. The lowest BCUT2D eigenvalue weighted by molar-refractivity contribution is 1.08. The normalized spacial score (nSPS) is 11.1. The summed E-state index contributed by atoms with van der Waals surface area (Å²) in [6, 6.07) is 67.0. The summed E-state index contributed by atoms with van der Waals surface area (Å²) in [6.07, 6.45) is 0. The van der Waals surface area contributed by atoms with Crippen LogP contribution >= 0.6 is 0 Å². The molecule has 7 aromatic carbocycles. The van der Waals surface area contributed by atoms with Crippen molar-refractivity contribution in [3.05, 3.63) is 194 Å². The van der Waals surface area contributed by atoms with Crippen LogP contribution in [-0.4, -0.2) is 19.9 Å². The quantitative estimate of drug-likeness (QED) is 0.170. The molecular weight excluding hydrogens is 633 g/mol. The van der Waals surface area contributed by atoms with E-state index in [1.165, 1.54) is 0 Å². The molecule has 9 aromatic rings. The van der Waals surface area contributed by atoms with Gasteiger partial charge in [0.25, 0.3) is 0 Å². The molecule has 0 saturated carbocycles. The Balaban J connectivity index is 1.16. The minimum atomic E-state index is 0.640. The molecule has 4 nitrogen and oxygen atoms in total. The summed E-state index contributed by atoms with van der Waals surface area (Å²) in [4.78, 5) is 20.1. The van der Waals surface area contributed by atoms with E-state index in [1.54, 1.807) is 0 Å². The first-order valence-corrected chi connectivity index (χ1v) is 17.4. The number of hydrogen-bond donors (Lipinski definition) is 0. The topological polar surface area (TPSA) is 51.6 Å². The molecule has 244 valence electrons. The van der Waals surface area contributed by atoms with Crippen molar-refractivity contribution in [1.82, 2.24) is 19.9 Å². The fraction of sp³-hybridized carbons (Fsp3) is 0. The summed E-state index contributed by atoms with van der Waals surface area (Å²) < 4.78 is 0. The Labute approximate surface area is 302 Å². The summed E-state index contributed by atoms with van der Waals surface area (Å²) >= 11 is 0. The zero-order chi connectivity index (χ0) is 34.7. The number of fused-ring (bicyclic) bond motifs is 1. The van der Waals surface area contributed by atoms with Crippen LogP contribution in [0.4, 0.5) is 0 Å². The maximum atomic E-state index is 5.08. The van der Waals surface area contributed by atoms with Crippen molar-refractivity contribution < 1.29 is 0 Å². The fourth-order valence-corrected chi connectivity index (χ4v) is 6.75. The Morgan fingerprint density at radius 2 is 0.673 bits per heavy atom. The highest BCUT2D eigenvalue weighted by Gasteiger charge is 2.17. The third kappa shape index (κ3) is 6.14. The van der Waals surface area contributed by atoms with Crippen molar-refractivity contribution in [2.75, 3.05) is 0 Å². The molecule has 0 amide bonds. The van der Waals surface area contributed by atoms with Gasteiger partial charge >= 0.3 is 0 Å². The van der Waals surface area contributed by atoms with Gasteiger partial charge in [-0.3, -0.25) is 0 Å². The summed E-state index contributed by atoms with van der Waals surface area (Å²) in [5.74, 6) is 1.93. The van der Waals surface area contributed by atoms with Gasteiger partial charge in [-0.1, -0.05) is 182 Å². The predicted octanol–water partition coefficient (Wildman–Crippen LogP) is 12.1. The van der Waals surface area contributed by atoms with Gasteiger partial charge in [0.05, 0.1) is 11.4 Å². The first-order valence-electron chi connectivity index (χ1n) is 17.4. The van der Waals surface area contributed by atoms with E-state index in [9.17, 15) is 0 Å². The Bertz CT molecular complexity index is 2520. The average molecular weight is 665 g/mol. The molecule has 52 heavy (non-hydrogen) atoms. The van der Waals surface area contributed by atoms with Crippen LogP contribution in [0.15, 0.2) is 194 Å². The van der Waals surface area contributed by atoms with E-state index in [-0.39, 0.29) is 0 Å². The molecule has 0 aliphatic heterocycles. The van der Waals surface area contributed by atoms with Gasteiger partial charge in [-0.05, 0) is 39.8 Å². The predicted molar refractivity (Wildman–Crippen MR) is 213 cm³/mol. The second-order valence-corrected chi connectivity index (χ2v) is 12.7. The number of aromatic nitrogens is 4. The molecule has 2 aromatic heterocycles. The van der Waals surface area contributed by atoms with Crippen LogP contribution in [0.3, 0.4) is 0 Å². The summed E-state index contributed by atoms with van der Waals surface area (Å²) in [6.45, 7) is 0. The van der Waals surface area contributed by atoms with E-state index in [0.717, 1.165) is 72.2 Å². The van der Waals surface area contributed by atoms with Crippen molar-refractivity contribution in [2.24, 2.45) is 0 Å². The largest absolute Gasteiger partial charge is 0.248 e. The van der Waals surface area contributed by atoms with Crippen LogP contribution in [0.5, 0.6) is 0 Å². The van der Waals surface area contributed by atoms with Gasteiger partial charge in [-0.2, -0.15) is 0 Å². The number of hydrogen-bond acceptors (Lipinski definition) is 4. The third-order valence-electron chi connectivity index (χ3n) is 9.34. The number of pyridine rings is 1. The van der Waals surface area contributed by atoms with Crippen molar-refractivity contribution in [3.63, 3.8) is 0 Å². The molecule has 0 fully saturated rings. The van der Waals surface area contributed by atoms with Crippen molar-refractivity contribution in [3.8, 4) is 78.9 Å². The van der Waals surface area contributed by atoms with Gasteiger partial charge in [0.15, 0.2) is 17.5 Å². The molecular formula is C48H32N4. The molecule has 2 heterocycles. The smallest absolute Gasteiger partial charge is 0.164 e. The Hall–Kier alpha value is -7.04. The summed E-state index contributed by atoms with van der Waals surface area (Å²) in [5.41, 5.74) is 11.4. The van der Waals surface area contributed by atoms with Crippen LogP contribution in [0.1, 0.15) is 0 Å². The van der Waals surface area contributed by atoms with Crippen LogP contribution in [-0.2, 0) is 0 Å². The molecule has 9 rings (SSSR count). The summed E-state index contributed by atoms with van der Waals surface area (Å²) in [7, 11) is 0. The highest BCUT2D eigenvalue weighted by atomic mass is 15.0. The van der Waals surface area contributed by atoms with E-state index in [4.69, 9.17) is 19.9 Å². The monoisotopic (exact) mass is 664 g/mol. The molecule has 0 atom stereocenters. The minimum absolute atomic E-state index is 0.640. The zero-order valence-corrected chi connectivity index (χ0v) is 28.3. The number of rotatable bonds is 7. The second kappa shape index (κ2) is 13.7. The molecule has 0 spiro atoms. The van der Waals surface area contributed by atoms with Crippen LogP contribution in [0.2, 0.25) is 0 Å². The fourth-order valence-electron chi connectivity index (χ4n) is 6.75. The second-order valence-electron chi connectivity index (χ2n) is 12.7. The van der Waals surface area contributed by atoms with E-state index in [1.807, 2.05) is 72.8 Å². The van der Waals surface area contributed by atoms with E-state index < -0.39 is 0 Å². The van der Waals surface area contributed by atoms with Gasteiger partial charge < -0.3 is 0 Å². The SMILES string of the molecule is c1ccc(-c2cc(-c3ccc(-c4cccc5cccc(-c6nc(-c7ccccc7)nc(-c7ccccc7)n6)c45)cc3)cc(-c3ccccc3)n2)cc1. The third-order valence-corrected chi connectivity index (χ3v) is 9.34. The van der Waals surface area contributed by atoms with Gasteiger partial charge in [0.1, 0.15) is 0 Å². The highest BCUT2D eigenvalue weighted by molar-refractivity contribution is 6.05. The average Bonchev–Trinajstić information content (AvgIpc) is 3.24. The molecule has 0 aliphatic carbocycles. The number of benzene rings is 7. The molecule has 0 aliphatic rings. The lowest BCUT2D eigenvalue weighted by Gasteiger charge is -2.14. The first kappa shape index (κ1) is 31.0. The molecule has 4 heteroatoms. The molecule has 0 saturated heterocycles. The van der Waals surface area contributed by atoms with Crippen LogP contribution < -0.4 is 0 Å². The van der Waals surface area contributed by atoms with Crippen molar-refractivity contribution >= 4 is 10.8 Å². The van der Waals surface area contributed by atoms with Gasteiger partial charge in [0, 0.05) is 33.2 Å². The lowest BCUT2D eigenvalue weighted by Crippen LogP contribution is -2.00. The Morgan fingerprint density at radius 1 is 0.250 bits per heavy atom. The summed E-state index contributed by atoms with van der Waals surface area (Å²) in [5, 5.41) is 2.22. The standard InChI is InChI=1S/C48H32N4/c1-5-15-35(16-6-1)43-31-40(32-44(49-43)36-17-7-2-8-18-36)33-27-29-34(30-28-33)41-25-13-23-37-24-14-26-42(45(37)41)48-51-46(38-19-9-3-10-20-38)50-47(52-48)39-21-11-4-12-22-39/h1-32H. The van der Waals surface area contributed by atoms with Crippen molar-refractivity contribution in [1.29, 1.82) is 0 Å². The number of nitrogens with zero attached hydrogens (tertiary/aromatic N) is 4. The molecule has 0 unspecified atom stereocenters. The van der Waals surface area contributed by atoms with Crippen LogP contribution in [0.25, 0.3) is 89.7 Å². The van der Waals surface area contributed by atoms with Gasteiger partial charge in [-0.15, -0.1) is 0 Å². The van der Waals surface area contributed by atoms with E-state index in [2.05, 4.69) is 121 Å². The minimum Gasteiger partial charge on any atom is -0.248 e. The molecule has 0 radical (unpaired) electrons. The maximum absolute atomic E-state index is 5.08. The maximum Gasteiger partial charge on any atom is 0.164 e. The van der Waals surface area contributed by atoms with Crippen LogP contribution in [0, 0.1) is 0 Å². The molecule has 0 N–H and O–H groups in total.